The number of carboxylic acids is 1. The van der Waals surface area contributed by atoms with Crippen LogP contribution in [0.2, 0.25) is 0 Å². The second-order valence-corrected chi connectivity index (χ2v) is 4.79. The van der Waals surface area contributed by atoms with Gasteiger partial charge in [0.05, 0.1) is 12.8 Å². The van der Waals surface area contributed by atoms with Gasteiger partial charge >= 0.3 is 5.97 Å². The van der Waals surface area contributed by atoms with Gasteiger partial charge < -0.3 is 10.4 Å². The second-order valence-electron chi connectivity index (χ2n) is 3.87. The summed E-state index contributed by atoms with van der Waals surface area (Å²) in [6, 6.07) is 7.08. The van der Waals surface area contributed by atoms with Crippen LogP contribution in [0.15, 0.2) is 28.7 Å². The van der Waals surface area contributed by atoms with E-state index >= 15 is 0 Å². The van der Waals surface area contributed by atoms with Gasteiger partial charge in [-0.25, -0.2) is 0 Å². The van der Waals surface area contributed by atoms with Crippen molar-refractivity contribution in [2.24, 2.45) is 0 Å². The lowest BCUT2D eigenvalue weighted by Gasteiger charge is -2.11. The second kappa shape index (κ2) is 6.39. The maximum absolute atomic E-state index is 11.6. The average Bonchev–Trinajstić information content (AvgIpc) is 2.19. The van der Waals surface area contributed by atoms with E-state index in [1.807, 2.05) is 24.3 Å². The fourth-order valence-corrected chi connectivity index (χ4v) is 1.69. The zero-order valence-electron chi connectivity index (χ0n) is 9.44. The van der Waals surface area contributed by atoms with Gasteiger partial charge in [-0.2, -0.15) is 0 Å². The van der Waals surface area contributed by atoms with E-state index in [2.05, 4.69) is 21.2 Å². The van der Waals surface area contributed by atoms with E-state index in [1.165, 1.54) is 0 Å². The molecule has 0 fully saturated rings. The highest BCUT2D eigenvalue weighted by Gasteiger charge is 2.11. The molecular weight excluding hydrogens is 286 g/mol. The minimum atomic E-state index is -0.915. The Labute approximate surface area is 108 Å². The summed E-state index contributed by atoms with van der Waals surface area (Å²) in [5.41, 5.74) is 0.897. The van der Waals surface area contributed by atoms with Crippen molar-refractivity contribution in [1.29, 1.82) is 0 Å². The first-order chi connectivity index (χ1) is 7.97. The van der Waals surface area contributed by atoms with E-state index in [0.29, 0.717) is 0 Å². The van der Waals surface area contributed by atoms with Crippen LogP contribution in [0.3, 0.4) is 0 Å². The van der Waals surface area contributed by atoms with E-state index in [9.17, 15) is 9.59 Å². The van der Waals surface area contributed by atoms with Crippen molar-refractivity contribution in [3.63, 3.8) is 0 Å². The smallest absolute Gasteiger partial charge is 0.305 e. The maximum atomic E-state index is 11.6. The fourth-order valence-electron chi connectivity index (χ4n) is 1.43. The molecule has 1 rings (SSSR count). The molecule has 4 nitrogen and oxygen atoms in total. The quantitative estimate of drug-likeness (QED) is 0.873. The Kier molecular flexibility index (Phi) is 5.15. The van der Waals surface area contributed by atoms with Gasteiger partial charge in [0.25, 0.3) is 0 Å². The van der Waals surface area contributed by atoms with E-state index in [-0.39, 0.29) is 24.8 Å². The van der Waals surface area contributed by atoms with Crippen LogP contribution in [0.1, 0.15) is 18.9 Å². The highest BCUT2D eigenvalue weighted by molar-refractivity contribution is 9.10. The van der Waals surface area contributed by atoms with Gasteiger partial charge in [0.1, 0.15) is 0 Å². The first-order valence-electron chi connectivity index (χ1n) is 5.23. The fraction of sp³-hybridized carbons (Fsp3) is 0.333. The van der Waals surface area contributed by atoms with Crippen molar-refractivity contribution >= 4 is 27.8 Å². The van der Waals surface area contributed by atoms with Gasteiger partial charge in [-0.15, -0.1) is 0 Å². The molecule has 0 aliphatic carbocycles. The van der Waals surface area contributed by atoms with Gasteiger partial charge in [0.2, 0.25) is 5.91 Å². The zero-order valence-corrected chi connectivity index (χ0v) is 11.0. The number of amides is 1. The summed E-state index contributed by atoms with van der Waals surface area (Å²) < 4.78 is 0.959. The van der Waals surface area contributed by atoms with Crippen LogP contribution in [-0.4, -0.2) is 23.0 Å². The number of hydrogen-bond donors (Lipinski definition) is 2. The Morgan fingerprint density at radius 1 is 1.35 bits per heavy atom. The molecule has 2 N–H and O–H groups in total. The molecule has 0 radical (unpaired) electrons. The number of halogens is 1. The number of hydrogen-bond acceptors (Lipinski definition) is 2. The van der Waals surface area contributed by atoms with Crippen molar-refractivity contribution < 1.29 is 14.7 Å². The van der Waals surface area contributed by atoms with Crippen LogP contribution in [0.5, 0.6) is 0 Å². The number of benzene rings is 1. The SMILES string of the molecule is CC(CC(=O)O)NC(=O)Cc1ccc(Br)cc1. The predicted molar refractivity (Wildman–Crippen MR) is 67.7 cm³/mol. The molecule has 0 aliphatic rings. The van der Waals surface area contributed by atoms with Crippen LogP contribution in [0, 0.1) is 0 Å². The standard InChI is InChI=1S/C12H14BrNO3/c1-8(6-12(16)17)14-11(15)7-9-2-4-10(13)5-3-9/h2-5,8H,6-7H2,1H3,(H,14,15)(H,16,17). The van der Waals surface area contributed by atoms with Crippen LogP contribution in [0.4, 0.5) is 0 Å². The maximum Gasteiger partial charge on any atom is 0.305 e. The van der Waals surface area contributed by atoms with Crippen molar-refractivity contribution in [2.75, 3.05) is 0 Å². The molecule has 1 unspecified atom stereocenters. The topological polar surface area (TPSA) is 66.4 Å². The van der Waals surface area contributed by atoms with E-state index < -0.39 is 5.97 Å². The van der Waals surface area contributed by atoms with Crippen molar-refractivity contribution in [3.05, 3.63) is 34.3 Å². The molecule has 0 bridgehead atoms. The van der Waals surface area contributed by atoms with Crippen LogP contribution in [-0.2, 0) is 16.0 Å². The van der Waals surface area contributed by atoms with Gasteiger partial charge in [-0.1, -0.05) is 28.1 Å². The molecule has 1 atom stereocenters. The summed E-state index contributed by atoms with van der Waals surface area (Å²) in [7, 11) is 0. The lowest BCUT2D eigenvalue weighted by Crippen LogP contribution is -2.35. The first kappa shape index (κ1) is 13.7. The summed E-state index contributed by atoms with van der Waals surface area (Å²) in [5.74, 6) is -1.08. The predicted octanol–water partition coefficient (Wildman–Crippen LogP) is 1.97. The summed E-state index contributed by atoms with van der Waals surface area (Å²) >= 11 is 3.31. The number of carbonyl (C=O) groups excluding carboxylic acids is 1. The lowest BCUT2D eigenvalue weighted by molar-refractivity contribution is -0.137. The van der Waals surface area contributed by atoms with Crippen LogP contribution in [0.25, 0.3) is 0 Å². The Hall–Kier alpha value is -1.36. The number of rotatable bonds is 5. The Morgan fingerprint density at radius 3 is 2.47 bits per heavy atom. The van der Waals surface area contributed by atoms with Crippen LogP contribution < -0.4 is 5.32 Å². The summed E-state index contributed by atoms with van der Waals surface area (Å²) in [6.45, 7) is 1.67. The minimum Gasteiger partial charge on any atom is -0.481 e. The molecule has 92 valence electrons. The molecule has 0 aromatic heterocycles. The zero-order chi connectivity index (χ0) is 12.8. The molecule has 0 aliphatic heterocycles. The molecule has 17 heavy (non-hydrogen) atoms. The Bertz CT molecular complexity index is 403. The third kappa shape index (κ3) is 5.49. The molecule has 1 amide bonds. The largest absolute Gasteiger partial charge is 0.481 e. The highest BCUT2D eigenvalue weighted by Crippen LogP contribution is 2.10. The van der Waals surface area contributed by atoms with Gasteiger partial charge in [-0.3, -0.25) is 9.59 Å². The van der Waals surface area contributed by atoms with Crippen molar-refractivity contribution in [2.45, 2.75) is 25.8 Å². The van der Waals surface area contributed by atoms with Crippen molar-refractivity contribution in [3.8, 4) is 0 Å². The van der Waals surface area contributed by atoms with Gasteiger partial charge in [0.15, 0.2) is 0 Å². The molecular formula is C12H14BrNO3. The molecule has 5 heteroatoms. The van der Waals surface area contributed by atoms with E-state index in [4.69, 9.17) is 5.11 Å². The third-order valence-corrected chi connectivity index (χ3v) is 2.69. The van der Waals surface area contributed by atoms with E-state index in [1.54, 1.807) is 6.92 Å². The molecule has 0 saturated heterocycles. The lowest BCUT2D eigenvalue weighted by atomic mass is 10.1. The first-order valence-corrected chi connectivity index (χ1v) is 6.02. The third-order valence-electron chi connectivity index (χ3n) is 2.17. The minimum absolute atomic E-state index is 0.0634. The number of nitrogens with one attached hydrogen (secondary N) is 1. The monoisotopic (exact) mass is 299 g/mol. The molecule has 1 aromatic rings. The number of carbonyl (C=O) groups is 2. The van der Waals surface area contributed by atoms with Gasteiger partial charge in [-0.05, 0) is 24.6 Å². The summed E-state index contributed by atoms with van der Waals surface area (Å²) in [5, 5.41) is 11.2. The van der Waals surface area contributed by atoms with Gasteiger partial charge in [0, 0.05) is 10.5 Å². The summed E-state index contributed by atoms with van der Waals surface area (Å²) in [6.07, 6.45) is 0.198. The molecule has 0 spiro atoms. The Morgan fingerprint density at radius 2 is 1.94 bits per heavy atom. The van der Waals surface area contributed by atoms with Crippen LogP contribution >= 0.6 is 15.9 Å². The summed E-state index contributed by atoms with van der Waals surface area (Å²) in [4.78, 5) is 22.0. The molecule has 0 saturated carbocycles. The average molecular weight is 300 g/mol. The number of aliphatic carboxylic acids is 1. The Balaban J connectivity index is 2.44. The molecule has 1 aromatic carbocycles. The highest BCUT2D eigenvalue weighted by atomic mass is 79.9. The van der Waals surface area contributed by atoms with Crippen molar-refractivity contribution in [1.82, 2.24) is 5.32 Å². The normalized spacial score (nSPS) is 11.9. The number of carboxylic acid groups (broad SMARTS) is 1. The van der Waals surface area contributed by atoms with E-state index in [0.717, 1.165) is 10.0 Å². The molecule has 0 heterocycles.